The van der Waals surface area contributed by atoms with Gasteiger partial charge in [0.25, 0.3) is 0 Å². The zero-order chi connectivity index (χ0) is 11.0. The third kappa shape index (κ3) is 1.45. The van der Waals surface area contributed by atoms with Crippen LogP contribution >= 0.6 is 11.3 Å². The molecule has 2 unspecified atom stereocenters. The van der Waals surface area contributed by atoms with E-state index in [-0.39, 0.29) is 5.54 Å². The van der Waals surface area contributed by atoms with Gasteiger partial charge in [0.2, 0.25) is 0 Å². The lowest BCUT2D eigenvalue weighted by Gasteiger charge is -2.42. The van der Waals surface area contributed by atoms with Crippen molar-refractivity contribution in [2.45, 2.75) is 31.7 Å². The van der Waals surface area contributed by atoms with Gasteiger partial charge in [-0.3, -0.25) is 0 Å². The molecule has 1 saturated heterocycles. The summed E-state index contributed by atoms with van der Waals surface area (Å²) in [4.78, 5) is 1.59. The Morgan fingerprint density at radius 1 is 1.62 bits per heavy atom. The van der Waals surface area contributed by atoms with Crippen LogP contribution in [-0.4, -0.2) is 19.8 Å². The van der Waals surface area contributed by atoms with E-state index >= 15 is 0 Å². The molecule has 2 aliphatic rings. The molecule has 0 saturated carbocycles. The maximum absolute atomic E-state index is 5.59. The zero-order valence-corrected chi connectivity index (χ0v) is 10.6. The van der Waals surface area contributed by atoms with Gasteiger partial charge in [-0.15, -0.1) is 11.3 Å². The Balaban J connectivity index is 2.02. The average molecular weight is 237 g/mol. The van der Waals surface area contributed by atoms with Gasteiger partial charge < -0.3 is 10.1 Å². The number of fused-ring (bicyclic) bond motifs is 1. The molecule has 3 heterocycles. The standard InChI is InChI=1S/C13H19NOS/c1-2-13(10-4-7-15-9-10)11-5-8-16-12(11)3-6-14-13/h5,8,10,14H,2-4,6-7,9H2,1H3. The largest absolute Gasteiger partial charge is 0.381 e. The molecule has 88 valence electrons. The van der Waals surface area contributed by atoms with Gasteiger partial charge in [-0.2, -0.15) is 0 Å². The Bertz CT molecular complexity index is 370. The Morgan fingerprint density at radius 3 is 3.31 bits per heavy atom. The molecule has 0 bridgehead atoms. The van der Waals surface area contributed by atoms with Crippen LogP contribution in [0.4, 0.5) is 0 Å². The van der Waals surface area contributed by atoms with Crippen molar-refractivity contribution < 1.29 is 4.74 Å². The molecule has 2 nitrogen and oxygen atoms in total. The summed E-state index contributed by atoms with van der Waals surface area (Å²) in [7, 11) is 0. The van der Waals surface area contributed by atoms with Crippen LogP contribution in [0.2, 0.25) is 0 Å². The molecule has 16 heavy (non-hydrogen) atoms. The molecule has 1 fully saturated rings. The van der Waals surface area contributed by atoms with E-state index < -0.39 is 0 Å². The van der Waals surface area contributed by atoms with Crippen LogP contribution in [0.3, 0.4) is 0 Å². The van der Waals surface area contributed by atoms with E-state index in [2.05, 4.69) is 23.7 Å². The van der Waals surface area contributed by atoms with Gasteiger partial charge >= 0.3 is 0 Å². The van der Waals surface area contributed by atoms with Gasteiger partial charge in [-0.05, 0) is 36.3 Å². The SMILES string of the molecule is CCC1(C2CCOC2)NCCc2sccc21. The summed E-state index contributed by atoms with van der Waals surface area (Å²) in [6.07, 6.45) is 3.57. The molecule has 1 aromatic heterocycles. The minimum absolute atomic E-state index is 0.198. The van der Waals surface area contributed by atoms with Gasteiger partial charge in [0.1, 0.15) is 0 Å². The van der Waals surface area contributed by atoms with E-state index in [1.54, 1.807) is 10.4 Å². The molecule has 1 aromatic rings. The number of thiophene rings is 1. The lowest BCUT2D eigenvalue weighted by atomic mass is 9.74. The fourth-order valence-electron chi connectivity index (χ4n) is 3.32. The maximum atomic E-state index is 5.59. The van der Waals surface area contributed by atoms with Crippen molar-refractivity contribution >= 4 is 11.3 Å². The summed E-state index contributed by atoms with van der Waals surface area (Å²) in [5.74, 6) is 0.658. The monoisotopic (exact) mass is 237 g/mol. The fourth-order valence-corrected chi connectivity index (χ4v) is 4.28. The first-order valence-corrected chi connectivity index (χ1v) is 7.14. The van der Waals surface area contributed by atoms with Crippen molar-refractivity contribution in [1.29, 1.82) is 0 Å². The minimum atomic E-state index is 0.198. The normalized spacial score (nSPS) is 33.9. The molecule has 1 N–H and O–H groups in total. The predicted molar refractivity (Wildman–Crippen MR) is 66.9 cm³/mol. The van der Waals surface area contributed by atoms with Crippen molar-refractivity contribution in [1.82, 2.24) is 5.32 Å². The molecule has 2 atom stereocenters. The topological polar surface area (TPSA) is 21.3 Å². The lowest BCUT2D eigenvalue weighted by Crippen LogP contribution is -2.51. The van der Waals surface area contributed by atoms with Gasteiger partial charge in [0.15, 0.2) is 0 Å². The van der Waals surface area contributed by atoms with Crippen LogP contribution in [0, 0.1) is 5.92 Å². The third-order valence-corrected chi connectivity index (χ3v) is 5.18. The van der Waals surface area contributed by atoms with Crippen LogP contribution in [-0.2, 0) is 16.7 Å². The van der Waals surface area contributed by atoms with Crippen LogP contribution in [0.5, 0.6) is 0 Å². The maximum Gasteiger partial charge on any atom is 0.0516 e. The first-order valence-electron chi connectivity index (χ1n) is 6.26. The first kappa shape index (κ1) is 10.8. The van der Waals surface area contributed by atoms with E-state index in [0.29, 0.717) is 5.92 Å². The van der Waals surface area contributed by atoms with E-state index in [1.807, 2.05) is 11.3 Å². The fraction of sp³-hybridized carbons (Fsp3) is 0.692. The Morgan fingerprint density at radius 2 is 2.56 bits per heavy atom. The van der Waals surface area contributed by atoms with E-state index in [9.17, 15) is 0 Å². The summed E-state index contributed by atoms with van der Waals surface area (Å²) in [6.45, 7) is 5.29. The van der Waals surface area contributed by atoms with E-state index in [0.717, 1.165) is 19.8 Å². The summed E-state index contributed by atoms with van der Waals surface area (Å²) in [5, 5.41) is 6.04. The molecular formula is C13H19NOS. The van der Waals surface area contributed by atoms with Crippen molar-refractivity contribution in [3.63, 3.8) is 0 Å². The second-order valence-electron chi connectivity index (χ2n) is 4.82. The Labute approximate surface area is 101 Å². The number of nitrogens with one attached hydrogen (secondary N) is 1. The number of hydrogen-bond donors (Lipinski definition) is 1. The predicted octanol–water partition coefficient (Wildman–Crippen LogP) is 2.54. The van der Waals surface area contributed by atoms with Crippen LogP contribution < -0.4 is 5.32 Å². The summed E-state index contributed by atoms with van der Waals surface area (Å²) >= 11 is 1.92. The van der Waals surface area contributed by atoms with Crippen molar-refractivity contribution in [3.05, 3.63) is 21.9 Å². The van der Waals surface area contributed by atoms with Crippen molar-refractivity contribution in [2.75, 3.05) is 19.8 Å². The van der Waals surface area contributed by atoms with Crippen LogP contribution in [0.25, 0.3) is 0 Å². The average Bonchev–Trinajstić information content (AvgIpc) is 2.99. The molecular weight excluding hydrogens is 218 g/mol. The molecule has 3 heteroatoms. The van der Waals surface area contributed by atoms with Gasteiger partial charge in [0.05, 0.1) is 6.61 Å². The number of hydrogen-bond acceptors (Lipinski definition) is 3. The van der Waals surface area contributed by atoms with Gasteiger partial charge in [-0.25, -0.2) is 0 Å². The molecule has 0 aliphatic carbocycles. The number of ether oxygens (including phenoxy) is 1. The highest BCUT2D eigenvalue weighted by Crippen LogP contribution is 2.43. The lowest BCUT2D eigenvalue weighted by molar-refractivity contribution is 0.137. The smallest absolute Gasteiger partial charge is 0.0516 e. The zero-order valence-electron chi connectivity index (χ0n) is 9.79. The third-order valence-electron chi connectivity index (χ3n) is 4.20. The number of rotatable bonds is 2. The van der Waals surface area contributed by atoms with E-state index in [4.69, 9.17) is 4.74 Å². The van der Waals surface area contributed by atoms with Gasteiger partial charge in [-0.1, -0.05) is 6.92 Å². The second-order valence-corrected chi connectivity index (χ2v) is 5.82. The molecule has 3 rings (SSSR count). The highest BCUT2D eigenvalue weighted by Gasteiger charge is 2.43. The molecule has 0 amide bonds. The molecule has 0 radical (unpaired) electrons. The summed E-state index contributed by atoms with van der Waals surface area (Å²) < 4.78 is 5.59. The Kier molecular flexibility index (Phi) is 2.78. The summed E-state index contributed by atoms with van der Waals surface area (Å²) in [6, 6.07) is 2.33. The molecule has 0 aromatic carbocycles. The first-order chi connectivity index (χ1) is 7.87. The van der Waals surface area contributed by atoms with Crippen molar-refractivity contribution in [2.24, 2.45) is 5.92 Å². The van der Waals surface area contributed by atoms with E-state index in [1.165, 1.54) is 19.3 Å². The highest BCUT2D eigenvalue weighted by molar-refractivity contribution is 7.10. The minimum Gasteiger partial charge on any atom is -0.381 e. The quantitative estimate of drug-likeness (QED) is 0.853. The molecule has 0 spiro atoms. The van der Waals surface area contributed by atoms with Crippen LogP contribution in [0.1, 0.15) is 30.2 Å². The Hall–Kier alpha value is -0.380. The van der Waals surface area contributed by atoms with Crippen LogP contribution in [0.15, 0.2) is 11.4 Å². The second kappa shape index (κ2) is 4.13. The molecule has 2 aliphatic heterocycles. The van der Waals surface area contributed by atoms with Gasteiger partial charge in [0, 0.05) is 29.5 Å². The summed E-state index contributed by atoms with van der Waals surface area (Å²) in [5.41, 5.74) is 1.76. The highest BCUT2D eigenvalue weighted by atomic mass is 32.1. The van der Waals surface area contributed by atoms with Crippen molar-refractivity contribution in [3.8, 4) is 0 Å².